The molecule has 0 aliphatic heterocycles. The normalized spacial score (nSPS) is 11.6. The van der Waals surface area contributed by atoms with E-state index >= 15 is 0 Å². The summed E-state index contributed by atoms with van der Waals surface area (Å²) in [5.74, 6) is 0. The number of hydrogen-bond donors (Lipinski definition) is 0. The van der Waals surface area contributed by atoms with Crippen molar-refractivity contribution in [3.63, 3.8) is 0 Å². The lowest BCUT2D eigenvalue weighted by atomic mass is 10.00. The molecule has 0 fully saturated rings. The Hall–Kier alpha value is -3.49. The van der Waals surface area contributed by atoms with E-state index in [1.54, 1.807) is 0 Å². The molecule has 0 unspecified atom stereocenters. The summed E-state index contributed by atoms with van der Waals surface area (Å²) in [6, 6.07) is 40.1. The van der Waals surface area contributed by atoms with Crippen molar-refractivity contribution in [2.45, 2.75) is 13.5 Å². The Kier molecular flexibility index (Phi) is 5.24. The second-order valence-electron chi connectivity index (χ2n) is 8.75. The van der Waals surface area contributed by atoms with Crippen molar-refractivity contribution in [3.8, 4) is 11.3 Å². The molecule has 0 aliphatic carbocycles. The van der Waals surface area contributed by atoms with Gasteiger partial charge in [-0.2, -0.15) is 0 Å². The van der Waals surface area contributed by atoms with Crippen LogP contribution in [0.1, 0.15) is 5.56 Å². The van der Waals surface area contributed by atoms with Gasteiger partial charge >= 0.3 is 0 Å². The van der Waals surface area contributed by atoms with Crippen LogP contribution in [0.25, 0.3) is 22.0 Å². The zero-order valence-electron chi connectivity index (χ0n) is 18.9. The minimum absolute atomic E-state index is 1.27. The van der Waals surface area contributed by atoms with Gasteiger partial charge in [-0.25, -0.2) is 4.57 Å². The van der Waals surface area contributed by atoms with E-state index in [0.717, 1.165) is 0 Å². The highest BCUT2D eigenvalue weighted by Gasteiger charge is 2.34. The number of pyridine rings is 1. The van der Waals surface area contributed by atoms with Crippen molar-refractivity contribution in [2.75, 3.05) is 0 Å². The molecule has 0 atom stereocenters. The van der Waals surface area contributed by atoms with E-state index in [2.05, 4.69) is 140 Å². The van der Waals surface area contributed by atoms with E-state index in [0.29, 0.717) is 0 Å². The monoisotopic (exact) mass is 430 g/mol. The summed E-state index contributed by atoms with van der Waals surface area (Å²) >= 11 is 0. The van der Waals surface area contributed by atoms with E-state index in [9.17, 15) is 0 Å². The molecule has 32 heavy (non-hydrogen) atoms. The zero-order valence-corrected chi connectivity index (χ0v) is 19.9. The highest BCUT2D eigenvalue weighted by molar-refractivity contribution is 7.10. The third-order valence-corrected chi connectivity index (χ3v) is 11.3. The summed E-state index contributed by atoms with van der Waals surface area (Å²) in [7, 11) is 0.0179. The molecule has 156 valence electrons. The van der Waals surface area contributed by atoms with Gasteiger partial charge in [0, 0.05) is 11.6 Å². The summed E-state index contributed by atoms with van der Waals surface area (Å²) in [5.41, 5.74) is 3.86. The highest BCUT2D eigenvalue weighted by Crippen LogP contribution is 2.27. The summed E-state index contributed by atoms with van der Waals surface area (Å²) in [6.45, 7) is 4.67. The van der Waals surface area contributed by atoms with E-state index in [4.69, 9.17) is 0 Å². The Morgan fingerprint density at radius 2 is 1.22 bits per heavy atom. The molecular formula is C30H28NSi+. The second kappa shape index (κ2) is 8.21. The van der Waals surface area contributed by atoms with Crippen LogP contribution in [0.3, 0.4) is 0 Å². The van der Waals surface area contributed by atoms with Crippen LogP contribution in [-0.2, 0) is 7.05 Å². The number of aryl methyl sites for hydroxylation is 2. The lowest BCUT2D eigenvalue weighted by molar-refractivity contribution is -0.659. The first kappa shape index (κ1) is 20.4. The quantitative estimate of drug-likeness (QED) is 0.220. The Balaban J connectivity index is 1.76. The van der Waals surface area contributed by atoms with Crippen molar-refractivity contribution >= 4 is 34.4 Å². The average molecular weight is 431 g/mol. The molecule has 0 bridgehead atoms. The molecule has 2 heteroatoms. The molecule has 5 rings (SSSR count). The first-order valence-corrected chi connectivity index (χ1v) is 13.7. The molecule has 0 saturated carbocycles. The number of rotatable bonds is 4. The lowest BCUT2D eigenvalue weighted by Crippen LogP contribution is -2.64. The van der Waals surface area contributed by atoms with Crippen LogP contribution in [0, 0.1) is 6.92 Å². The molecule has 0 aliphatic rings. The van der Waals surface area contributed by atoms with E-state index in [1.807, 2.05) is 0 Å². The van der Waals surface area contributed by atoms with Crippen LogP contribution in [0.5, 0.6) is 0 Å². The maximum Gasteiger partial charge on any atom is 0.220 e. The fourth-order valence-electron chi connectivity index (χ4n) is 4.90. The third kappa shape index (κ3) is 3.37. The molecule has 5 aromatic rings. The van der Waals surface area contributed by atoms with Gasteiger partial charge in [-0.15, -0.1) is 0 Å². The fraction of sp³-hybridized carbons (Fsp3) is 0.100. The molecule has 0 amide bonds. The minimum atomic E-state index is -2.12. The number of fused-ring (bicyclic) bond motifs is 1. The van der Waals surface area contributed by atoms with Gasteiger partial charge in [-0.05, 0) is 45.6 Å². The Labute approximate surface area is 191 Å². The van der Waals surface area contributed by atoms with Gasteiger partial charge in [-0.1, -0.05) is 97.5 Å². The first-order valence-electron chi connectivity index (χ1n) is 11.2. The van der Waals surface area contributed by atoms with Crippen LogP contribution in [0.15, 0.2) is 115 Å². The summed E-state index contributed by atoms with van der Waals surface area (Å²) in [6.07, 6.45) is 2.19. The summed E-state index contributed by atoms with van der Waals surface area (Å²) in [4.78, 5) is 0. The number of aromatic nitrogens is 1. The van der Waals surface area contributed by atoms with Crippen LogP contribution in [0.2, 0.25) is 6.55 Å². The average Bonchev–Trinajstić information content (AvgIpc) is 2.85. The maximum absolute atomic E-state index is 2.48. The second-order valence-corrected chi connectivity index (χ2v) is 12.7. The van der Waals surface area contributed by atoms with Crippen molar-refractivity contribution in [3.05, 3.63) is 121 Å². The Morgan fingerprint density at radius 3 is 1.84 bits per heavy atom. The van der Waals surface area contributed by atoms with Gasteiger partial charge in [0.1, 0.15) is 15.1 Å². The summed E-state index contributed by atoms with van der Waals surface area (Å²) in [5, 5.41) is 6.90. The molecule has 1 heterocycles. The van der Waals surface area contributed by atoms with Crippen molar-refractivity contribution in [1.29, 1.82) is 0 Å². The highest BCUT2D eigenvalue weighted by atomic mass is 28.3. The lowest BCUT2D eigenvalue weighted by Gasteiger charge is -2.29. The molecule has 1 nitrogen and oxygen atoms in total. The zero-order chi connectivity index (χ0) is 22.1. The number of hydrogen-bond acceptors (Lipinski definition) is 0. The van der Waals surface area contributed by atoms with Gasteiger partial charge in [-0.3, -0.25) is 0 Å². The molecular weight excluding hydrogens is 402 g/mol. The molecule has 0 N–H and O–H groups in total. The van der Waals surface area contributed by atoms with Crippen LogP contribution in [0.4, 0.5) is 0 Å². The third-order valence-electron chi connectivity index (χ3n) is 6.82. The standard InChI is InChI=1S/C30H28NSi/c1-23-12-10-11-17-28(23)30-29-19-18-27(22-24(29)20-21-31(30)2)32(3,25-13-6-4-7-14-25)26-15-8-5-9-16-26/h4-22H,1-3H3/q+1. The van der Waals surface area contributed by atoms with E-state index in [-0.39, 0.29) is 0 Å². The predicted octanol–water partition coefficient (Wildman–Crippen LogP) is 4.74. The van der Waals surface area contributed by atoms with Crippen molar-refractivity contribution < 1.29 is 4.57 Å². The van der Waals surface area contributed by atoms with E-state index < -0.39 is 8.07 Å². The SMILES string of the molecule is Cc1ccccc1-c1c2ccc([Si](C)(c3ccccc3)c3ccccc3)cc2cc[n+]1C. The van der Waals surface area contributed by atoms with Gasteiger partial charge in [0.2, 0.25) is 5.69 Å². The number of benzene rings is 4. The van der Waals surface area contributed by atoms with Gasteiger partial charge < -0.3 is 0 Å². The number of nitrogens with zero attached hydrogens (tertiary/aromatic N) is 1. The molecule has 1 aromatic heterocycles. The van der Waals surface area contributed by atoms with E-state index in [1.165, 1.54) is 43.2 Å². The molecule has 0 radical (unpaired) electrons. The van der Waals surface area contributed by atoms with Crippen molar-refractivity contribution in [1.82, 2.24) is 0 Å². The largest absolute Gasteiger partial charge is 0.220 e. The molecule has 0 spiro atoms. The minimum Gasteiger partial charge on any atom is -0.200 e. The van der Waals surface area contributed by atoms with Crippen LogP contribution in [-0.4, -0.2) is 8.07 Å². The Bertz CT molecular complexity index is 1350. The predicted molar refractivity (Wildman–Crippen MR) is 139 cm³/mol. The van der Waals surface area contributed by atoms with Gasteiger partial charge in [0.15, 0.2) is 6.20 Å². The van der Waals surface area contributed by atoms with Crippen molar-refractivity contribution in [2.24, 2.45) is 7.05 Å². The molecule has 4 aromatic carbocycles. The van der Waals surface area contributed by atoms with Gasteiger partial charge in [0.25, 0.3) is 0 Å². The van der Waals surface area contributed by atoms with Crippen LogP contribution < -0.4 is 20.1 Å². The fourth-order valence-corrected chi connectivity index (χ4v) is 8.48. The van der Waals surface area contributed by atoms with Crippen LogP contribution >= 0.6 is 0 Å². The topological polar surface area (TPSA) is 3.88 Å². The molecule has 0 saturated heterocycles. The Morgan fingerprint density at radius 1 is 0.625 bits per heavy atom. The van der Waals surface area contributed by atoms with Gasteiger partial charge in [0.05, 0.1) is 5.39 Å². The summed E-state index contributed by atoms with van der Waals surface area (Å²) < 4.78 is 2.25. The smallest absolute Gasteiger partial charge is 0.200 e. The first-order chi connectivity index (χ1) is 15.6. The maximum atomic E-state index is 2.48.